The molecule has 2 aliphatic rings. The van der Waals surface area contributed by atoms with Gasteiger partial charge in [0.1, 0.15) is 5.92 Å². The summed E-state index contributed by atoms with van der Waals surface area (Å²) in [5, 5.41) is 3.24. The van der Waals surface area contributed by atoms with Gasteiger partial charge in [0.2, 0.25) is 0 Å². The number of carbonyl (C=O) groups is 3. The zero-order chi connectivity index (χ0) is 24.3. The monoisotopic (exact) mass is 457 g/mol. The van der Waals surface area contributed by atoms with Gasteiger partial charge in [-0.15, -0.1) is 0 Å². The van der Waals surface area contributed by atoms with Crippen LogP contribution in [-0.2, 0) is 23.9 Å². The molecular formula is C25H31NO7. The van der Waals surface area contributed by atoms with Gasteiger partial charge in [0, 0.05) is 22.5 Å². The van der Waals surface area contributed by atoms with Gasteiger partial charge in [-0.1, -0.05) is 26.0 Å². The van der Waals surface area contributed by atoms with Gasteiger partial charge in [0.15, 0.2) is 17.3 Å². The van der Waals surface area contributed by atoms with Crippen LogP contribution in [-0.4, -0.2) is 45.7 Å². The number of nitrogens with one attached hydrogen (secondary N) is 1. The van der Waals surface area contributed by atoms with Crippen molar-refractivity contribution in [2.75, 3.05) is 27.9 Å². The highest BCUT2D eigenvalue weighted by Gasteiger charge is 2.48. The summed E-state index contributed by atoms with van der Waals surface area (Å²) in [4.78, 5) is 39.5. The van der Waals surface area contributed by atoms with Crippen LogP contribution in [0.4, 0.5) is 0 Å². The predicted octanol–water partition coefficient (Wildman–Crippen LogP) is 3.27. The molecule has 8 nitrogen and oxygen atoms in total. The lowest BCUT2D eigenvalue weighted by atomic mass is 9.69. The molecule has 1 N–H and O–H groups in total. The Morgan fingerprint density at radius 1 is 1.15 bits per heavy atom. The number of dihydropyridines is 1. The zero-order valence-electron chi connectivity index (χ0n) is 19.9. The zero-order valence-corrected chi connectivity index (χ0v) is 19.9. The van der Waals surface area contributed by atoms with Crippen molar-refractivity contribution in [3.8, 4) is 11.5 Å². The number of hydrogen-bond acceptors (Lipinski definition) is 8. The SMILES string of the molecule is CCCOC(=O)C1=C(C)NC2=C(C(=O)[C@@H](C(=O)OC)[C@H](C)C2)[C@@H]1c1cccc(OC)c1OC. The lowest BCUT2D eigenvalue weighted by Gasteiger charge is -2.38. The molecule has 1 aromatic carbocycles. The van der Waals surface area contributed by atoms with E-state index in [2.05, 4.69) is 5.32 Å². The number of esters is 2. The number of benzene rings is 1. The van der Waals surface area contributed by atoms with Crippen molar-refractivity contribution >= 4 is 17.7 Å². The van der Waals surface area contributed by atoms with Gasteiger partial charge >= 0.3 is 11.9 Å². The topological polar surface area (TPSA) is 100 Å². The second kappa shape index (κ2) is 10.1. The highest BCUT2D eigenvalue weighted by molar-refractivity contribution is 6.12. The highest BCUT2D eigenvalue weighted by atomic mass is 16.5. The molecule has 0 amide bonds. The van der Waals surface area contributed by atoms with Crippen molar-refractivity contribution in [2.24, 2.45) is 11.8 Å². The maximum Gasteiger partial charge on any atom is 0.336 e. The molecule has 0 aromatic heterocycles. The second-order valence-electron chi connectivity index (χ2n) is 8.25. The summed E-state index contributed by atoms with van der Waals surface area (Å²) in [6, 6.07) is 5.31. The summed E-state index contributed by atoms with van der Waals surface area (Å²) >= 11 is 0. The number of Topliss-reactive ketones (excluding diaryl/α,β-unsaturated/α-hetero) is 1. The van der Waals surface area contributed by atoms with Crippen molar-refractivity contribution in [3.63, 3.8) is 0 Å². The van der Waals surface area contributed by atoms with E-state index in [9.17, 15) is 14.4 Å². The molecule has 1 aliphatic carbocycles. The largest absolute Gasteiger partial charge is 0.493 e. The van der Waals surface area contributed by atoms with E-state index >= 15 is 0 Å². The molecule has 0 bridgehead atoms. The summed E-state index contributed by atoms with van der Waals surface area (Å²) in [6.07, 6.45) is 1.12. The van der Waals surface area contributed by atoms with Crippen LogP contribution in [0, 0.1) is 11.8 Å². The fourth-order valence-corrected chi connectivity index (χ4v) is 4.67. The number of hydrogen-bond donors (Lipinski definition) is 1. The summed E-state index contributed by atoms with van der Waals surface area (Å²) in [7, 11) is 4.30. The Balaban J connectivity index is 2.26. The van der Waals surface area contributed by atoms with Crippen LogP contribution in [0.2, 0.25) is 0 Å². The quantitative estimate of drug-likeness (QED) is 0.492. The predicted molar refractivity (Wildman–Crippen MR) is 121 cm³/mol. The fourth-order valence-electron chi connectivity index (χ4n) is 4.67. The summed E-state index contributed by atoms with van der Waals surface area (Å²) in [6.45, 7) is 5.78. The number of carbonyl (C=O) groups excluding carboxylic acids is 3. The first-order valence-corrected chi connectivity index (χ1v) is 11.0. The Bertz CT molecular complexity index is 1020. The third-order valence-corrected chi connectivity index (χ3v) is 6.14. The molecule has 8 heteroatoms. The molecule has 1 aliphatic heterocycles. The van der Waals surface area contributed by atoms with Crippen LogP contribution >= 0.6 is 0 Å². The second-order valence-corrected chi connectivity index (χ2v) is 8.25. The average Bonchev–Trinajstić information content (AvgIpc) is 2.80. The van der Waals surface area contributed by atoms with Crippen LogP contribution in [0.5, 0.6) is 11.5 Å². The van der Waals surface area contributed by atoms with Crippen LogP contribution in [0.15, 0.2) is 40.7 Å². The number of para-hydroxylation sites is 1. The minimum absolute atomic E-state index is 0.249. The molecule has 1 aromatic rings. The molecule has 0 unspecified atom stereocenters. The number of allylic oxidation sites excluding steroid dienone is 3. The van der Waals surface area contributed by atoms with E-state index in [1.54, 1.807) is 25.1 Å². The molecule has 0 spiro atoms. The van der Waals surface area contributed by atoms with E-state index < -0.39 is 23.8 Å². The number of ether oxygens (including phenoxy) is 4. The number of rotatable bonds is 7. The van der Waals surface area contributed by atoms with E-state index in [0.717, 1.165) is 0 Å². The van der Waals surface area contributed by atoms with E-state index in [0.29, 0.717) is 52.4 Å². The van der Waals surface area contributed by atoms with Gasteiger partial charge in [0.25, 0.3) is 0 Å². The Morgan fingerprint density at radius 2 is 1.88 bits per heavy atom. The van der Waals surface area contributed by atoms with E-state index in [-0.39, 0.29) is 18.3 Å². The first-order valence-electron chi connectivity index (χ1n) is 11.0. The van der Waals surface area contributed by atoms with Gasteiger partial charge in [0.05, 0.1) is 39.4 Å². The molecule has 3 atom stereocenters. The van der Waals surface area contributed by atoms with E-state index in [1.807, 2.05) is 13.8 Å². The fraction of sp³-hybridized carbons (Fsp3) is 0.480. The summed E-state index contributed by atoms with van der Waals surface area (Å²) < 4.78 is 21.5. The van der Waals surface area contributed by atoms with Gasteiger partial charge < -0.3 is 24.3 Å². The van der Waals surface area contributed by atoms with Crippen LogP contribution in [0.3, 0.4) is 0 Å². The third kappa shape index (κ3) is 4.34. The van der Waals surface area contributed by atoms with E-state index in [1.165, 1.54) is 21.3 Å². The minimum Gasteiger partial charge on any atom is -0.493 e. The smallest absolute Gasteiger partial charge is 0.336 e. The Labute approximate surface area is 193 Å². The van der Waals surface area contributed by atoms with Crippen molar-refractivity contribution in [2.45, 2.75) is 39.5 Å². The molecule has 3 rings (SSSR count). The van der Waals surface area contributed by atoms with E-state index in [4.69, 9.17) is 18.9 Å². The van der Waals surface area contributed by atoms with Crippen molar-refractivity contribution in [3.05, 3.63) is 46.3 Å². The Hall–Kier alpha value is -3.29. The van der Waals surface area contributed by atoms with Gasteiger partial charge in [-0.05, 0) is 31.7 Å². The van der Waals surface area contributed by atoms with Gasteiger partial charge in [-0.25, -0.2) is 4.79 Å². The maximum absolute atomic E-state index is 13.8. The van der Waals surface area contributed by atoms with Crippen LogP contribution < -0.4 is 14.8 Å². The minimum atomic E-state index is -0.957. The maximum atomic E-state index is 13.8. The highest BCUT2D eigenvalue weighted by Crippen LogP contribution is 2.49. The molecule has 0 fully saturated rings. The van der Waals surface area contributed by atoms with Gasteiger partial charge in [-0.2, -0.15) is 0 Å². The molecule has 33 heavy (non-hydrogen) atoms. The molecule has 0 radical (unpaired) electrons. The molecule has 0 saturated heterocycles. The normalized spacial score (nSPS) is 22.4. The molecule has 178 valence electrons. The van der Waals surface area contributed by atoms with Crippen LogP contribution in [0.1, 0.15) is 45.1 Å². The lowest BCUT2D eigenvalue weighted by molar-refractivity contribution is -0.151. The number of methoxy groups -OCH3 is 3. The average molecular weight is 458 g/mol. The van der Waals surface area contributed by atoms with Crippen molar-refractivity contribution in [1.29, 1.82) is 0 Å². The van der Waals surface area contributed by atoms with Crippen LogP contribution in [0.25, 0.3) is 0 Å². The van der Waals surface area contributed by atoms with Crippen molar-refractivity contribution in [1.82, 2.24) is 5.32 Å². The van der Waals surface area contributed by atoms with Crippen molar-refractivity contribution < 1.29 is 33.3 Å². The summed E-state index contributed by atoms with van der Waals surface area (Å²) in [5.41, 5.74) is 2.53. The lowest BCUT2D eigenvalue weighted by Crippen LogP contribution is -2.43. The Morgan fingerprint density at radius 3 is 2.48 bits per heavy atom. The standard InChI is InChI=1S/C25H31NO7/c1-7-11-33-25(29)19-14(3)26-16-12-13(2)18(24(28)32-6)22(27)21(16)20(19)15-9-8-10-17(30-4)23(15)31-5/h8-10,13,18,20,26H,7,11-12H2,1-6H3/t13-,18+,20-/m1/s1. The third-order valence-electron chi connectivity index (χ3n) is 6.14. The Kier molecular flexibility index (Phi) is 7.46. The first-order chi connectivity index (χ1) is 15.8. The summed E-state index contributed by atoms with van der Waals surface area (Å²) in [5.74, 6) is -2.61. The van der Waals surface area contributed by atoms with Gasteiger partial charge in [-0.3, -0.25) is 9.59 Å². The first kappa shape index (κ1) is 24.4. The molecule has 1 heterocycles. The number of ketones is 1. The molecular weight excluding hydrogens is 426 g/mol. The molecule has 0 saturated carbocycles.